The van der Waals surface area contributed by atoms with E-state index in [2.05, 4.69) is 214 Å². The van der Waals surface area contributed by atoms with E-state index in [1.807, 2.05) is 12.1 Å². The minimum absolute atomic E-state index is 0.124. The van der Waals surface area contributed by atoms with Crippen LogP contribution in [-0.2, 0) is 10.8 Å². The van der Waals surface area contributed by atoms with Crippen LogP contribution in [0.4, 0.5) is 17.1 Å². The van der Waals surface area contributed by atoms with Crippen molar-refractivity contribution < 1.29 is 4.42 Å². The van der Waals surface area contributed by atoms with E-state index in [1.54, 1.807) is 0 Å². The monoisotopic (exact) mass is 783 g/mol. The van der Waals surface area contributed by atoms with E-state index in [1.165, 1.54) is 66.8 Å². The van der Waals surface area contributed by atoms with Crippen LogP contribution in [0.5, 0.6) is 0 Å². The van der Waals surface area contributed by atoms with Crippen LogP contribution in [0.1, 0.15) is 60.6 Å². The number of hydrogen-bond donors (Lipinski definition) is 0. The van der Waals surface area contributed by atoms with Crippen LogP contribution in [0.3, 0.4) is 0 Å². The van der Waals surface area contributed by atoms with Crippen molar-refractivity contribution in [1.82, 2.24) is 0 Å². The van der Waals surface area contributed by atoms with Crippen LogP contribution < -0.4 is 4.90 Å². The lowest BCUT2D eigenvalue weighted by atomic mass is 9.66. The number of anilines is 3. The first-order valence-electron chi connectivity index (χ1n) is 21.6. The Hall–Kier alpha value is -7.16. The lowest BCUT2D eigenvalue weighted by Crippen LogP contribution is -2.29. The molecule has 0 radical (unpaired) electrons. The summed E-state index contributed by atoms with van der Waals surface area (Å²) in [5.74, 6) is 0.445. The van der Waals surface area contributed by atoms with Crippen molar-refractivity contribution in [2.75, 3.05) is 4.90 Å². The molecule has 0 bridgehead atoms. The smallest absolute Gasteiger partial charge is 0.135 e. The quantitative estimate of drug-likeness (QED) is 0.167. The zero-order valence-corrected chi connectivity index (χ0v) is 34.7. The maximum Gasteiger partial charge on any atom is 0.135 e. The molecule has 292 valence electrons. The van der Waals surface area contributed by atoms with Crippen molar-refractivity contribution in [2.24, 2.45) is 5.92 Å². The van der Waals surface area contributed by atoms with Crippen LogP contribution in [0.25, 0.3) is 49.8 Å². The second-order valence-electron chi connectivity index (χ2n) is 17.7. The number of rotatable bonds is 6. The minimum Gasteiger partial charge on any atom is -0.456 e. The van der Waals surface area contributed by atoms with Gasteiger partial charge in [0.1, 0.15) is 11.2 Å². The highest BCUT2D eigenvalue weighted by Gasteiger charge is 2.48. The molecular weight excluding hydrogens is 739 g/mol. The molecule has 3 aliphatic rings. The van der Waals surface area contributed by atoms with E-state index < -0.39 is 5.41 Å². The Bertz CT molecular complexity index is 3210. The summed E-state index contributed by atoms with van der Waals surface area (Å²) >= 11 is 0. The Morgan fingerprint density at radius 2 is 1.11 bits per heavy atom. The summed E-state index contributed by atoms with van der Waals surface area (Å²) in [5, 5.41) is 2.28. The molecule has 0 N–H and O–H groups in total. The van der Waals surface area contributed by atoms with E-state index >= 15 is 0 Å². The van der Waals surface area contributed by atoms with Crippen LogP contribution >= 0.6 is 0 Å². The van der Waals surface area contributed by atoms with Crippen molar-refractivity contribution in [2.45, 2.75) is 38.0 Å². The summed E-state index contributed by atoms with van der Waals surface area (Å²) in [6.45, 7) is 7.09. The first-order valence-corrected chi connectivity index (χ1v) is 21.6. The number of benzene rings is 8. The molecular formula is C59H45NO. The van der Waals surface area contributed by atoms with E-state index in [9.17, 15) is 0 Å². The normalized spacial score (nSPS) is 16.7. The average molecular weight is 784 g/mol. The molecule has 0 saturated carbocycles. The fourth-order valence-corrected chi connectivity index (χ4v) is 11.0. The second-order valence-corrected chi connectivity index (χ2v) is 17.7. The van der Waals surface area contributed by atoms with Gasteiger partial charge in [0.05, 0.1) is 5.41 Å². The molecule has 9 aromatic rings. The van der Waals surface area contributed by atoms with Crippen molar-refractivity contribution in [3.05, 3.63) is 239 Å². The van der Waals surface area contributed by atoms with E-state index in [0.717, 1.165) is 45.4 Å². The molecule has 8 aromatic carbocycles. The maximum atomic E-state index is 6.18. The molecule has 1 atom stereocenters. The van der Waals surface area contributed by atoms with Gasteiger partial charge in [-0.05, 0) is 134 Å². The lowest BCUT2D eigenvalue weighted by Gasteiger charge is -2.36. The zero-order valence-electron chi connectivity index (χ0n) is 34.7. The number of nitrogens with zero attached hydrogens (tertiary/aromatic N) is 1. The number of allylic oxidation sites excluding steroid dienone is 4. The fourth-order valence-electron chi connectivity index (χ4n) is 11.0. The molecule has 0 saturated heterocycles. The summed E-state index contributed by atoms with van der Waals surface area (Å²) in [5.41, 5.74) is 20.6. The van der Waals surface area contributed by atoms with Gasteiger partial charge in [-0.2, -0.15) is 0 Å². The van der Waals surface area contributed by atoms with Crippen molar-refractivity contribution in [3.8, 4) is 22.3 Å². The van der Waals surface area contributed by atoms with Gasteiger partial charge in [0.25, 0.3) is 0 Å². The Morgan fingerprint density at radius 3 is 1.90 bits per heavy atom. The van der Waals surface area contributed by atoms with Gasteiger partial charge in [-0.3, -0.25) is 0 Å². The summed E-state index contributed by atoms with van der Waals surface area (Å²) in [6.07, 6.45) is 5.85. The third-order valence-electron chi connectivity index (χ3n) is 13.9. The highest BCUT2D eigenvalue weighted by atomic mass is 16.3. The fraction of sp³-hybridized carbons (Fsp3) is 0.119. The van der Waals surface area contributed by atoms with Crippen LogP contribution in [0.15, 0.2) is 210 Å². The predicted molar refractivity (Wildman–Crippen MR) is 254 cm³/mol. The van der Waals surface area contributed by atoms with Crippen LogP contribution in [-0.4, -0.2) is 0 Å². The predicted octanol–water partition coefficient (Wildman–Crippen LogP) is 15.7. The van der Waals surface area contributed by atoms with Crippen molar-refractivity contribution in [3.63, 3.8) is 0 Å². The molecule has 1 unspecified atom stereocenters. The Kier molecular flexibility index (Phi) is 7.87. The molecule has 0 amide bonds. The van der Waals surface area contributed by atoms with Gasteiger partial charge in [0, 0.05) is 33.2 Å². The van der Waals surface area contributed by atoms with Crippen molar-refractivity contribution in [1.29, 1.82) is 0 Å². The number of furan rings is 1. The molecule has 2 nitrogen and oxygen atoms in total. The molecule has 61 heavy (non-hydrogen) atoms. The third kappa shape index (κ3) is 5.28. The van der Waals surface area contributed by atoms with E-state index in [4.69, 9.17) is 4.42 Å². The van der Waals surface area contributed by atoms with Gasteiger partial charge < -0.3 is 9.32 Å². The Balaban J connectivity index is 1.04. The molecule has 12 rings (SSSR count). The van der Waals surface area contributed by atoms with Gasteiger partial charge in [0.2, 0.25) is 0 Å². The second kappa shape index (κ2) is 13.4. The van der Waals surface area contributed by atoms with Crippen molar-refractivity contribution >= 4 is 44.6 Å². The summed E-state index contributed by atoms with van der Waals surface area (Å²) < 4.78 is 6.18. The molecule has 0 fully saturated rings. The molecule has 0 spiro atoms. The van der Waals surface area contributed by atoms with Gasteiger partial charge >= 0.3 is 0 Å². The number of fused-ring (bicyclic) bond motifs is 8. The van der Waals surface area contributed by atoms with Crippen LogP contribution in [0.2, 0.25) is 0 Å². The number of para-hydroxylation sites is 1. The van der Waals surface area contributed by atoms with Gasteiger partial charge in [0.15, 0.2) is 0 Å². The van der Waals surface area contributed by atoms with Gasteiger partial charge in [-0.1, -0.05) is 166 Å². The van der Waals surface area contributed by atoms with Gasteiger partial charge in [-0.15, -0.1) is 0 Å². The lowest BCUT2D eigenvalue weighted by molar-refractivity contribution is 0.660. The summed E-state index contributed by atoms with van der Waals surface area (Å²) in [6, 6.07) is 69.6. The van der Waals surface area contributed by atoms with Gasteiger partial charge in [-0.25, -0.2) is 0 Å². The standard InChI is InChI=1S/C59H45NO/c1-38-22-31-53-49(34-38)50-36-44(29-32-54(50)59(53,41-14-6-4-7-15-41)42-16-8-5-9-17-42)60(45-28-30-47-46-18-10-12-20-52(46)58(2,3)55(47)37-45)43-26-23-39(24-27-43)40-25-33-57-51(35-40)48-19-11-13-21-56(48)61-57/h4-33,35-38H,34H2,1-3H3. The minimum atomic E-state index is -0.417. The third-order valence-corrected chi connectivity index (χ3v) is 13.9. The Labute approximate surface area is 357 Å². The average Bonchev–Trinajstić information content (AvgIpc) is 3.90. The largest absolute Gasteiger partial charge is 0.456 e. The zero-order chi connectivity index (χ0) is 40.9. The molecule has 1 heterocycles. The SMILES string of the molecule is CC1C=CC2=C(C1)c1cc(N(c3ccc(-c4ccc5oc6ccccc6c5c4)cc3)c3ccc4c(c3)C(C)(C)c3ccccc3-4)ccc1C2(c1ccccc1)c1ccccc1. The first kappa shape index (κ1) is 35.8. The molecule has 2 heteroatoms. The number of hydrogen-bond acceptors (Lipinski definition) is 2. The molecule has 3 aliphatic carbocycles. The topological polar surface area (TPSA) is 16.4 Å². The first-order chi connectivity index (χ1) is 29.9. The molecule has 1 aromatic heterocycles. The highest BCUT2D eigenvalue weighted by molar-refractivity contribution is 6.06. The van der Waals surface area contributed by atoms with E-state index in [0.29, 0.717) is 5.92 Å². The Morgan fingerprint density at radius 1 is 0.492 bits per heavy atom. The van der Waals surface area contributed by atoms with Crippen LogP contribution in [0, 0.1) is 5.92 Å². The highest BCUT2D eigenvalue weighted by Crippen LogP contribution is 2.59. The summed E-state index contributed by atoms with van der Waals surface area (Å²) in [7, 11) is 0. The summed E-state index contributed by atoms with van der Waals surface area (Å²) in [4.78, 5) is 2.48. The maximum absolute atomic E-state index is 6.18. The van der Waals surface area contributed by atoms with E-state index in [-0.39, 0.29) is 5.41 Å². The molecule has 0 aliphatic heterocycles.